The fraction of sp³-hybridized carbons (Fsp3) is 0.200. The van der Waals surface area contributed by atoms with Crippen LogP contribution in [0.5, 0.6) is 0 Å². The number of aryl methyl sites for hydroxylation is 1. The summed E-state index contributed by atoms with van der Waals surface area (Å²) in [6.07, 6.45) is 1.72. The highest BCUT2D eigenvalue weighted by molar-refractivity contribution is 9.10. The average molecular weight is 351 g/mol. The third-order valence-corrected chi connectivity index (χ3v) is 4.36. The summed E-state index contributed by atoms with van der Waals surface area (Å²) < 4.78 is 1.05. The van der Waals surface area contributed by atoms with Crippen LogP contribution in [0, 0.1) is 6.92 Å². The maximum atomic E-state index is 11.8. The molecular formula is C15H15BrN2OS. The third-order valence-electron chi connectivity index (χ3n) is 2.69. The number of hydrogen-bond acceptors (Lipinski definition) is 3. The van der Waals surface area contributed by atoms with E-state index in [1.54, 1.807) is 18.0 Å². The molecule has 0 aliphatic heterocycles. The maximum Gasteiger partial charge on any atom is 0.230 e. The van der Waals surface area contributed by atoms with Crippen molar-refractivity contribution >= 4 is 33.6 Å². The van der Waals surface area contributed by atoms with Crippen molar-refractivity contribution in [2.24, 2.45) is 0 Å². The molecule has 1 aromatic heterocycles. The highest BCUT2D eigenvalue weighted by Crippen LogP contribution is 2.25. The molecule has 2 rings (SSSR count). The molecule has 0 atom stereocenters. The van der Waals surface area contributed by atoms with Gasteiger partial charge in [0.1, 0.15) is 0 Å². The molecule has 0 bridgehead atoms. The summed E-state index contributed by atoms with van der Waals surface area (Å²) >= 11 is 4.98. The predicted molar refractivity (Wildman–Crippen MR) is 85.7 cm³/mol. The van der Waals surface area contributed by atoms with Crippen LogP contribution in [-0.2, 0) is 11.3 Å². The van der Waals surface area contributed by atoms with E-state index in [1.807, 2.05) is 43.3 Å². The molecular weight excluding hydrogens is 336 g/mol. The van der Waals surface area contributed by atoms with E-state index < -0.39 is 0 Å². The maximum absolute atomic E-state index is 11.8. The van der Waals surface area contributed by atoms with Crippen molar-refractivity contribution in [2.45, 2.75) is 18.4 Å². The van der Waals surface area contributed by atoms with Gasteiger partial charge in [-0.2, -0.15) is 0 Å². The van der Waals surface area contributed by atoms with Gasteiger partial charge >= 0.3 is 0 Å². The van der Waals surface area contributed by atoms with E-state index in [-0.39, 0.29) is 5.91 Å². The summed E-state index contributed by atoms with van der Waals surface area (Å²) in [5.41, 5.74) is 2.03. The molecule has 0 spiro atoms. The van der Waals surface area contributed by atoms with E-state index in [0.717, 1.165) is 15.1 Å². The van der Waals surface area contributed by atoms with Crippen molar-refractivity contribution in [2.75, 3.05) is 5.75 Å². The number of pyridine rings is 1. The van der Waals surface area contributed by atoms with Crippen molar-refractivity contribution < 1.29 is 4.79 Å². The Morgan fingerprint density at radius 1 is 1.35 bits per heavy atom. The Morgan fingerprint density at radius 3 is 2.90 bits per heavy atom. The van der Waals surface area contributed by atoms with Gasteiger partial charge in [0.2, 0.25) is 5.91 Å². The van der Waals surface area contributed by atoms with E-state index in [1.165, 1.54) is 5.56 Å². The Morgan fingerprint density at radius 2 is 2.20 bits per heavy atom. The summed E-state index contributed by atoms with van der Waals surface area (Å²) in [4.78, 5) is 17.1. The average Bonchev–Trinajstić information content (AvgIpc) is 2.45. The number of hydrogen-bond donors (Lipinski definition) is 1. The third kappa shape index (κ3) is 4.65. The molecule has 0 saturated carbocycles. The lowest BCUT2D eigenvalue weighted by Crippen LogP contribution is -2.24. The molecule has 1 amide bonds. The standard InChI is InChI=1S/C15H15BrN2OS/c1-11-8-12(16)5-6-14(11)20-10-15(19)18-9-13-4-2-3-7-17-13/h2-8H,9-10H2,1H3,(H,18,19). The van der Waals surface area contributed by atoms with Crippen molar-refractivity contribution in [3.8, 4) is 0 Å². The van der Waals surface area contributed by atoms with Crippen molar-refractivity contribution in [3.05, 3.63) is 58.3 Å². The number of carbonyl (C=O) groups excluding carboxylic acids is 1. The minimum Gasteiger partial charge on any atom is -0.350 e. The highest BCUT2D eigenvalue weighted by Gasteiger charge is 2.05. The fourth-order valence-corrected chi connectivity index (χ4v) is 2.98. The Kier molecular flexibility index (Phi) is 5.61. The largest absolute Gasteiger partial charge is 0.350 e. The monoisotopic (exact) mass is 350 g/mol. The van der Waals surface area contributed by atoms with Gasteiger partial charge < -0.3 is 5.32 Å². The van der Waals surface area contributed by atoms with Gasteiger partial charge in [0, 0.05) is 15.6 Å². The van der Waals surface area contributed by atoms with Crippen LogP contribution >= 0.6 is 27.7 Å². The second kappa shape index (κ2) is 7.45. The zero-order valence-corrected chi connectivity index (χ0v) is 13.5. The summed E-state index contributed by atoms with van der Waals surface area (Å²) in [5.74, 6) is 0.429. The van der Waals surface area contributed by atoms with Crippen LogP contribution in [0.15, 0.2) is 52.0 Å². The minimum atomic E-state index is 0.0166. The van der Waals surface area contributed by atoms with E-state index in [2.05, 4.69) is 26.2 Å². The van der Waals surface area contributed by atoms with Gasteiger partial charge in [-0.3, -0.25) is 9.78 Å². The molecule has 0 fully saturated rings. The van der Waals surface area contributed by atoms with Crippen LogP contribution in [0.25, 0.3) is 0 Å². The number of amides is 1. The van der Waals surface area contributed by atoms with Gasteiger partial charge in [0.25, 0.3) is 0 Å². The van der Waals surface area contributed by atoms with Gasteiger partial charge in [0.05, 0.1) is 18.0 Å². The predicted octanol–water partition coefficient (Wildman–Crippen LogP) is 3.56. The Balaban J connectivity index is 1.80. The summed E-state index contributed by atoms with van der Waals surface area (Å²) in [7, 11) is 0. The molecule has 3 nitrogen and oxygen atoms in total. The van der Waals surface area contributed by atoms with Crippen LogP contribution in [0.1, 0.15) is 11.3 Å². The van der Waals surface area contributed by atoms with Gasteiger partial charge in [-0.05, 0) is 42.8 Å². The SMILES string of the molecule is Cc1cc(Br)ccc1SCC(=O)NCc1ccccn1. The summed E-state index contributed by atoms with van der Waals surface area (Å²) in [6.45, 7) is 2.51. The minimum absolute atomic E-state index is 0.0166. The Labute approximate surface area is 131 Å². The molecule has 0 aliphatic carbocycles. The van der Waals surface area contributed by atoms with Crippen LogP contribution in [0.4, 0.5) is 0 Å². The van der Waals surface area contributed by atoms with Gasteiger partial charge in [-0.1, -0.05) is 22.0 Å². The zero-order chi connectivity index (χ0) is 14.4. The van der Waals surface area contributed by atoms with Crippen molar-refractivity contribution in [1.82, 2.24) is 10.3 Å². The Bertz CT molecular complexity index is 590. The van der Waals surface area contributed by atoms with Crippen molar-refractivity contribution in [3.63, 3.8) is 0 Å². The molecule has 0 aliphatic rings. The molecule has 0 saturated heterocycles. The zero-order valence-electron chi connectivity index (χ0n) is 11.1. The smallest absolute Gasteiger partial charge is 0.230 e. The second-order valence-corrected chi connectivity index (χ2v) is 6.23. The van der Waals surface area contributed by atoms with E-state index in [4.69, 9.17) is 0 Å². The van der Waals surface area contributed by atoms with Crippen LogP contribution in [0.3, 0.4) is 0 Å². The molecule has 20 heavy (non-hydrogen) atoms. The first kappa shape index (κ1) is 15.1. The number of benzene rings is 1. The van der Waals surface area contributed by atoms with Crippen LogP contribution < -0.4 is 5.32 Å². The van der Waals surface area contributed by atoms with Crippen LogP contribution in [0.2, 0.25) is 0 Å². The summed E-state index contributed by atoms with van der Waals surface area (Å²) in [5, 5.41) is 2.87. The fourth-order valence-electron chi connectivity index (χ4n) is 1.66. The lowest BCUT2D eigenvalue weighted by Gasteiger charge is -2.07. The molecule has 1 heterocycles. The molecule has 2 aromatic rings. The molecule has 1 N–H and O–H groups in total. The van der Waals surface area contributed by atoms with E-state index in [9.17, 15) is 4.79 Å². The van der Waals surface area contributed by atoms with E-state index >= 15 is 0 Å². The van der Waals surface area contributed by atoms with Gasteiger partial charge in [-0.25, -0.2) is 0 Å². The van der Waals surface area contributed by atoms with Gasteiger partial charge in [0.15, 0.2) is 0 Å². The normalized spacial score (nSPS) is 10.3. The number of nitrogens with zero attached hydrogens (tertiary/aromatic N) is 1. The highest BCUT2D eigenvalue weighted by atomic mass is 79.9. The molecule has 104 valence electrons. The number of aromatic nitrogens is 1. The Hall–Kier alpha value is -1.33. The van der Waals surface area contributed by atoms with Gasteiger partial charge in [-0.15, -0.1) is 11.8 Å². The van der Waals surface area contributed by atoms with E-state index in [0.29, 0.717) is 12.3 Å². The first-order chi connectivity index (χ1) is 9.65. The number of thioether (sulfide) groups is 1. The lowest BCUT2D eigenvalue weighted by molar-refractivity contribution is -0.118. The second-order valence-electron chi connectivity index (χ2n) is 4.30. The number of nitrogens with one attached hydrogen (secondary N) is 1. The molecule has 5 heteroatoms. The number of rotatable bonds is 5. The van der Waals surface area contributed by atoms with Crippen LogP contribution in [-0.4, -0.2) is 16.6 Å². The number of carbonyl (C=O) groups is 1. The summed E-state index contributed by atoms with van der Waals surface area (Å²) in [6, 6.07) is 11.7. The lowest BCUT2D eigenvalue weighted by atomic mass is 10.2. The first-order valence-electron chi connectivity index (χ1n) is 6.21. The molecule has 0 unspecified atom stereocenters. The topological polar surface area (TPSA) is 42.0 Å². The first-order valence-corrected chi connectivity index (χ1v) is 7.98. The van der Waals surface area contributed by atoms with Crippen molar-refractivity contribution in [1.29, 1.82) is 0 Å². The molecule has 1 aromatic carbocycles. The molecule has 0 radical (unpaired) electrons. The quantitative estimate of drug-likeness (QED) is 0.838. The number of halogens is 1.